The largest absolute Gasteiger partial charge is 0.504 e. The number of nitrogens with two attached hydrogens (primary N) is 1. The van der Waals surface area contributed by atoms with E-state index in [1.165, 1.54) is 19.3 Å². The summed E-state index contributed by atoms with van der Waals surface area (Å²) in [5, 5.41) is 15.2. The molecule has 1 aromatic carbocycles. The summed E-state index contributed by atoms with van der Waals surface area (Å²) in [5.41, 5.74) is 4.19. The van der Waals surface area contributed by atoms with Crippen molar-refractivity contribution in [1.29, 1.82) is 0 Å². The van der Waals surface area contributed by atoms with Crippen LogP contribution in [0.15, 0.2) is 23.8 Å². The van der Waals surface area contributed by atoms with Gasteiger partial charge in [0.25, 0.3) is 0 Å². The Kier molecular flexibility index (Phi) is 4.12. The Hall–Kier alpha value is -1.53. The highest BCUT2D eigenvalue weighted by molar-refractivity contribution is 7.84. The van der Waals surface area contributed by atoms with Crippen LogP contribution >= 0.6 is 0 Å². The Balaban J connectivity index is 1.69. The third-order valence-corrected chi connectivity index (χ3v) is 7.62. The highest BCUT2D eigenvalue weighted by Crippen LogP contribution is 2.63. The van der Waals surface area contributed by atoms with Crippen molar-refractivity contribution >= 4 is 10.3 Å². The van der Waals surface area contributed by atoms with Crippen LogP contribution in [-0.4, -0.2) is 13.5 Å². The molecule has 3 aliphatic rings. The van der Waals surface area contributed by atoms with E-state index in [9.17, 15) is 13.5 Å². The monoisotopic (exact) mass is 377 g/mol. The van der Waals surface area contributed by atoms with E-state index >= 15 is 0 Å². The van der Waals surface area contributed by atoms with E-state index < -0.39 is 10.3 Å². The first-order valence-corrected chi connectivity index (χ1v) is 10.9. The summed E-state index contributed by atoms with van der Waals surface area (Å²) >= 11 is 0. The van der Waals surface area contributed by atoms with Crippen molar-refractivity contribution in [3.8, 4) is 11.5 Å². The average Bonchev–Trinajstić information content (AvgIpc) is 2.90. The smallest absolute Gasteiger partial charge is 0.380 e. The van der Waals surface area contributed by atoms with E-state index in [1.807, 2.05) is 0 Å². The minimum absolute atomic E-state index is 0.0672. The second kappa shape index (κ2) is 5.99. The molecular formula is C20H27NO4S. The maximum absolute atomic E-state index is 11.2. The van der Waals surface area contributed by atoms with Crippen molar-refractivity contribution in [2.24, 2.45) is 22.4 Å². The van der Waals surface area contributed by atoms with Crippen LogP contribution in [0.1, 0.15) is 63.0 Å². The molecule has 6 heteroatoms. The fourth-order valence-electron chi connectivity index (χ4n) is 6.10. The fourth-order valence-corrected chi connectivity index (χ4v) is 6.48. The van der Waals surface area contributed by atoms with E-state index in [4.69, 9.17) is 9.32 Å². The van der Waals surface area contributed by atoms with Gasteiger partial charge in [-0.05, 0) is 91.9 Å². The van der Waals surface area contributed by atoms with E-state index in [-0.39, 0.29) is 11.5 Å². The van der Waals surface area contributed by atoms with E-state index in [0.29, 0.717) is 23.2 Å². The summed E-state index contributed by atoms with van der Waals surface area (Å²) in [6.07, 6.45) is 9.06. The number of phenols is 1. The first-order chi connectivity index (χ1) is 12.2. The van der Waals surface area contributed by atoms with Gasteiger partial charge >= 0.3 is 10.3 Å². The number of allylic oxidation sites excluding steroid dienone is 2. The Morgan fingerprint density at radius 1 is 1.27 bits per heavy atom. The third-order valence-electron chi connectivity index (χ3n) is 7.21. The maximum atomic E-state index is 11.2. The molecule has 0 radical (unpaired) electrons. The van der Waals surface area contributed by atoms with Gasteiger partial charge in [0, 0.05) is 0 Å². The third kappa shape index (κ3) is 2.74. The predicted molar refractivity (Wildman–Crippen MR) is 100 cm³/mol. The van der Waals surface area contributed by atoms with Gasteiger partial charge in [-0.25, -0.2) is 0 Å². The zero-order valence-corrected chi connectivity index (χ0v) is 16.2. The molecule has 3 N–H and O–H groups in total. The van der Waals surface area contributed by atoms with Crippen molar-refractivity contribution in [2.75, 3.05) is 0 Å². The summed E-state index contributed by atoms with van der Waals surface area (Å²) in [6.45, 7) is 4.60. The molecule has 3 aliphatic carbocycles. The van der Waals surface area contributed by atoms with Crippen LogP contribution in [0.2, 0.25) is 0 Å². The Morgan fingerprint density at radius 2 is 2.04 bits per heavy atom. The van der Waals surface area contributed by atoms with Gasteiger partial charge in [-0.3, -0.25) is 0 Å². The fraction of sp³-hybridized carbons (Fsp3) is 0.600. The Morgan fingerprint density at radius 3 is 2.73 bits per heavy atom. The molecule has 0 saturated heterocycles. The molecule has 0 aliphatic heterocycles. The van der Waals surface area contributed by atoms with Gasteiger partial charge in [0.2, 0.25) is 0 Å². The maximum Gasteiger partial charge on any atom is 0.380 e. The van der Waals surface area contributed by atoms with Crippen LogP contribution in [0.5, 0.6) is 11.5 Å². The Bertz CT molecular complexity index is 876. The van der Waals surface area contributed by atoms with Crippen LogP contribution in [-0.2, 0) is 16.7 Å². The van der Waals surface area contributed by atoms with Gasteiger partial charge in [-0.1, -0.05) is 18.6 Å². The second-order valence-electron chi connectivity index (χ2n) is 8.32. The summed E-state index contributed by atoms with van der Waals surface area (Å²) in [4.78, 5) is 0. The molecule has 142 valence electrons. The van der Waals surface area contributed by atoms with Crippen molar-refractivity contribution in [3.63, 3.8) is 0 Å². The van der Waals surface area contributed by atoms with Crippen molar-refractivity contribution < 1.29 is 17.7 Å². The van der Waals surface area contributed by atoms with Crippen molar-refractivity contribution in [3.05, 3.63) is 34.9 Å². The lowest BCUT2D eigenvalue weighted by Crippen LogP contribution is -2.40. The first-order valence-electron chi connectivity index (χ1n) is 9.46. The lowest BCUT2D eigenvalue weighted by molar-refractivity contribution is 0.0812. The number of fused-ring (bicyclic) bond motifs is 5. The summed E-state index contributed by atoms with van der Waals surface area (Å²) < 4.78 is 27.2. The molecule has 4 atom stereocenters. The number of hydrogen-bond acceptors (Lipinski definition) is 4. The van der Waals surface area contributed by atoms with E-state index in [2.05, 4.69) is 19.9 Å². The van der Waals surface area contributed by atoms with E-state index in [0.717, 1.165) is 30.4 Å². The molecule has 4 rings (SSSR count). The molecule has 1 aromatic rings. The molecule has 2 saturated carbocycles. The molecule has 0 heterocycles. The predicted octanol–water partition coefficient (Wildman–Crippen LogP) is 3.78. The van der Waals surface area contributed by atoms with Crippen LogP contribution in [0, 0.1) is 17.3 Å². The molecule has 0 spiro atoms. The van der Waals surface area contributed by atoms with Gasteiger partial charge in [-0.2, -0.15) is 13.6 Å². The highest BCUT2D eigenvalue weighted by Gasteiger charge is 2.52. The van der Waals surface area contributed by atoms with Gasteiger partial charge < -0.3 is 9.29 Å². The molecule has 0 bridgehead atoms. The van der Waals surface area contributed by atoms with Gasteiger partial charge in [-0.15, -0.1) is 0 Å². The molecular weight excluding hydrogens is 350 g/mol. The Labute approximate surface area is 155 Å². The van der Waals surface area contributed by atoms with Crippen LogP contribution in [0.25, 0.3) is 0 Å². The lowest BCUT2D eigenvalue weighted by Gasteiger charge is -2.49. The van der Waals surface area contributed by atoms with Gasteiger partial charge in [0.1, 0.15) is 0 Å². The molecule has 0 aromatic heterocycles. The molecule has 4 unspecified atom stereocenters. The van der Waals surface area contributed by atoms with Gasteiger partial charge in [0.05, 0.1) is 0 Å². The first kappa shape index (κ1) is 17.9. The van der Waals surface area contributed by atoms with Gasteiger partial charge in [0.15, 0.2) is 11.5 Å². The average molecular weight is 378 g/mol. The summed E-state index contributed by atoms with van der Waals surface area (Å²) in [5.74, 6) is 1.54. The van der Waals surface area contributed by atoms with Crippen LogP contribution in [0.4, 0.5) is 0 Å². The van der Waals surface area contributed by atoms with Crippen molar-refractivity contribution in [2.45, 2.75) is 58.3 Å². The topological polar surface area (TPSA) is 89.6 Å². The zero-order valence-electron chi connectivity index (χ0n) is 15.4. The number of benzene rings is 1. The van der Waals surface area contributed by atoms with E-state index in [1.54, 1.807) is 17.7 Å². The van der Waals surface area contributed by atoms with Crippen LogP contribution in [0.3, 0.4) is 0 Å². The standard InChI is InChI=1S/C20H27NO4S/c1-3-13-5-7-17-15-6-4-12-10-19(25-26(21,23)24)18(22)11-16(12)14(15)8-9-20(13,17)2/h3,10-11,14-15,17,22H,4-9H2,1-2H3,(H2,21,23,24)/b13-3-. The molecule has 0 amide bonds. The zero-order chi connectivity index (χ0) is 18.7. The molecule has 2 fully saturated rings. The second-order valence-corrected chi connectivity index (χ2v) is 9.47. The summed E-state index contributed by atoms with van der Waals surface area (Å²) in [6, 6.07) is 3.37. The minimum Gasteiger partial charge on any atom is -0.504 e. The number of aryl methyl sites for hydroxylation is 1. The number of phenolic OH excluding ortho intramolecular Hbond substituents is 1. The number of rotatable bonds is 2. The number of aromatic hydroxyl groups is 1. The minimum atomic E-state index is -4.14. The SMILES string of the molecule is C/C=C1/CCC2C3CCc4cc(OS(N)(=O)=O)c(O)cc4C3CCC12C. The normalized spacial score (nSPS) is 34.9. The molecule has 26 heavy (non-hydrogen) atoms. The molecule has 5 nitrogen and oxygen atoms in total. The number of hydrogen-bond donors (Lipinski definition) is 2. The quantitative estimate of drug-likeness (QED) is 0.768. The van der Waals surface area contributed by atoms with Crippen molar-refractivity contribution in [1.82, 2.24) is 0 Å². The summed E-state index contributed by atoms with van der Waals surface area (Å²) in [7, 11) is -4.14. The van der Waals surface area contributed by atoms with Crippen LogP contribution < -0.4 is 9.32 Å². The lowest BCUT2D eigenvalue weighted by atomic mass is 9.55. The highest BCUT2D eigenvalue weighted by atomic mass is 32.2.